The highest BCUT2D eigenvalue weighted by Crippen LogP contribution is 2.12. The zero-order chi connectivity index (χ0) is 28.8. The number of hydrogen-bond acceptors (Lipinski definition) is 8. The van der Waals surface area contributed by atoms with Crippen LogP contribution in [0.1, 0.15) is 51.5 Å². The van der Waals surface area contributed by atoms with Gasteiger partial charge in [0, 0.05) is 12.8 Å². The van der Waals surface area contributed by atoms with E-state index in [0.717, 1.165) is 0 Å². The number of aromatic hydroxyl groups is 1. The van der Waals surface area contributed by atoms with E-state index in [0.29, 0.717) is 31.4 Å². The van der Waals surface area contributed by atoms with Crippen molar-refractivity contribution in [3.05, 3.63) is 29.8 Å². The number of carboxylic acid groups (broad SMARTS) is 2. The van der Waals surface area contributed by atoms with Crippen LogP contribution in [0, 0.1) is 5.92 Å². The Morgan fingerprint density at radius 3 is 1.97 bits per heavy atom. The molecule has 0 aromatic heterocycles. The van der Waals surface area contributed by atoms with Gasteiger partial charge < -0.3 is 42.7 Å². The quantitative estimate of drug-likeness (QED) is 0.118. The molecule has 0 radical (unpaired) electrons. The van der Waals surface area contributed by atoms with Crippen molar-refractivity contribution in [2.75, 3.05) is 6.54 Å². The fourth-order valence-corrected chi connectivity index (χ4v) is 3.57. The van der Waals surface area contributed by atoms with Gasteiger partial charge in [0.05, 0.1) is 6.04 Å². The first-order valence-corrected chi connectivity index (χ1v) is 12.4. The molecule has 13 nitrogen and oxygen atoms in total. The minimum Gasteiger partial charge on any atom is -0.508 e. The van der Waals surface area contributed by atoms with E-state index in [1.807, 2.05) is 0 Å². The van der Waals surface area contributed by atoms with Gasteiger partial charge in [-0.1, -0.05) is 32.4 Å². The molecule has 0 aliphatic rings. The molecule has 10 N–H and O–H groups in total. The highest BCUT2D eigenvalue weighted by molar-refractivity contribution is 5.94. The Morgan fingerprint density at radius 2 is 1.45 bits per heavy atom. The third-order valence-corrected chi connectivity index (χ3v) is 5.82. The van der Waals surface area contributed by atoms with Gasteiger partial charge in [0.15, 0.2) is 0 Å². The number of phenolic OH excluding ortho intramolecular Hbond substituents is 1. The minimum atomic E-state index is -1.32. The number of amides is 3. The molecule has 13 heteroatoms. The smallest absolute Gasteiger partial charge is 0.326 e. The maximum Gasteiger partial charge on any atom is 0.326 e. The Labute approximate surface area is 221 Å². The molecule has 0 aliphatic carbocycles. The number of benzene rings is 1. The first-order valence-electron chi connectivity index (χ1n) is 12.4. The van der Waals surface area contributed by atoms with E-state index in [9.17, 15) is 34.2 Å². The topological polar surface area (TPSA) is 234 Å². The first-order chi connectivity index (χ1) is 17.8. The summed E-state index contributed by atoms with van der Waals surface area (Å²) in [6, 6.07) is 1.13. The van der Waals surface area contributed by atoms with Gasteiger partial charge in [0.2, 0.25) is 17.7 Å². The highest BCUT2D eigenvalue weighted by atomic mass is 16.4. The number of hydrogen-bond donors (Lipinski definition) is 8. The van der Waals surface area contributed by atoms with Crippen molar-refractivity contribution >= 4 is 29.7 Å². The number of nitrogens with two attached hydrogens (primary N) is 2. The number of phenols is 1. The lowest BCUT2D eigenvalue weighted by atomic mass is 10.00. The number of unbranched alkanes of at least 4 members (excludes halogenated alkanes) is 1. The molecule has 1 aromatic carbocycles. The molecule has 0 bridgehead atoms. The molecule has 4 atom stereocenters. The molecule has 0 fully saturated rings. The van der Waals surface area contributed by atoms with E-state index >= 15 is 0 Å². The van der Waals surface area contributed by atoms with E-state index in [-0.39, 0.29) is 18.6 Å². The van der Waals surface area contributed by atoms with Crippen LogP contribution in [0.3, 0.4) is 0 Å². The van der Waals surface area contributed by atoms with E-state index < -0.39 is 66.2 Å². The van der Waals surface area contributed by atoms with Gasteiger partial charge in [0.25, 0.3) is 0 Å². The lowest BCUT2D eigenvalue weighted by Crippen LogP contribution is -2.58. The fourth-order valence-electron chi connectivity index (χ4n) is 3.57. The van der Waals surface area contributed by atoms with Gasteiger partial charge >= 0.3 is 11.9 Å². The molecule has 1 rings (SSSR count). The summed E-state index contributed by atoms with van der Waals surface area (Å²) >= 11 is 0. The normalized spacial score (nSPS) is 14.1. The SMILES string of the molecule is CC(C)C(NC(=O)C(CCC(=O)O)NC(=O)C(N)CCCCN)C(=O)NC(Cc1ccc(O)cc1)C(=O)O. The fraction of sp³-hybridized carbons (Fsp3) is 0.560. The Kier molecular flexibility index (Phi) is 13.8. The zero-order valence-corrected chi connectivity index (χ0v) is 21.7. The standard InChI is InChI=1S/C25H39N5O8/c1-14(2)21(24(36)29-19(25(37)38)13-15-6-8-16(31)9-7-15)30-23(35)18(10-11-20(32)33)28-22(34)17(27)5-3-4-12-26/h6-9,14,17-19,21,31H,3-5,10-13,26-27H2,1-2H3,(H,28,34)(H,29,36)(H,30,35)(H,32,33)(H,37,38). The summed E-state index contributed by atoms with van der Waals surface area (Å²) in [7, 11) is 0. The predicted molar refractivity (Wildman–Crippen MR) is 138 cm³/mol. The van der Waals surface area contributed by atoms with E-state index in [2.05, 4.69) is 16.0 Å². The molecule has 4 unspecified atom stereocenters. The Hall–Kier alpha value is -3.71. The minimum absolute atomic E-state index is 0.00769. The summed E-state index contributed by atoms with van der Waals surface area (Å²) in [5.74, 6) is -5.14. The molecule has 1 aromatic rings. The Balaban J connectivity index is 2.96. The first kappa shape index (κ1) is 32.3. The second-order valence-electron chi connectivity index (χ2n) is 9.38. The van der Waals surface area contributed by atoms with Gasteiger partial charge in [-0.15, -0.1) is 0 Å². The van der Waals surface area contributed by atoms with E-state index in [4.69, 9.17) is 16.6 Å². The van der Waals surface area contributed by atoms with Crippen LogP contribution in [0.2, 0.25) is 0 Å². The molecular formula is C25H39N5O8. The summed E-state index contributed by atoms with van der Waals surface area (Å²) in [4.78, 5) is 61.4. The van der Waals surface area contributed by atoms with Crippen LogP contribution in [0.4, 0.5) is 0 Å². The van der Waals surface area contributed by atoms with Gasteiger partial charge in [-0.05, 0) is 49.4 Å². The molecule has 212 valence electrons. The average Bonchev–Trinajstić information content (AvgIpc) is 2.85. The molecule has 3 amide bonds. The predicted octanol–water partition coefficient (Wildman–Crippen LogP) is -0.549. The van der Waals surface area contributed by atoms with Crippen LogP contribution in [0.25, 0.3) is 0 Å². The molecule has 0 heterocycles. The van der Waals surface area contributed by atoms with Crippen molar-refractivity contribution in [3.8, 4) is 5.75 Å². The van der Waals surface area contributed by atoms with Crippen LogP contribution < -0.4 is 27.4 Å². The maximum absolute atomic E-state index is 13.0. The van der Waals surface area contributed by atoms with Crippen molar-refractivity contribution in [2.45, 2.75) is 76.5 Å². The third-order valence-electron chi connectivity index (χ3n) is 5.82. The number of rotatable bonds is 17. The van der Waals surface area contributed by atoms with Crippen molar-refractivity contribution in [1.82, 2.24) is 16.0 Å². The second kappa shape index (κ2) is 16.2. The molecule has 0 saturated heterocycles. The summed E-state index contributed by atoms with van der Waals surface area (Å²) in [5.41, 5.74) is 11.9. The Bertz CT molecular complexity index is 954. The number of aliphatic carboxylic acids is 2. The van der Waals surface area contributed by atoms with Crippen molar-refractivity contribution in [2.24, 2.45) is 17.4 Å². The van der Waals surface area contributed by atoms with Crippen molar-refractivity contribution in [3.63, 3.8) is 0 Å². The van der Waals surface area contributed by atoms with Crippen LogP contribution in [-0.4, -0.2) is 75.7 Å². The van der Waals surface area contributed by atoms with E-state index in [1.54, 1.807) is 13.8 Å². The van der Waals surface area contributed by atoms with Gasteiger partial charge in [-0.25, -0.2) is 4.79 Å². The maximum atomic E-state index is 13.0. The second-order valence-corrected chi connectivity index (χ2v) is 9.38. The lowest BCUT2D eigenvalue weighted by Gasteiger charge is -2.27. The zero-order valence-electron chi connectivity index (χ0n) is 21.7. The molecule has 0 spiro atoms. The lowest BCUT2D eigenvalue weighted by molar-refractivity contribution is -0.142. The van der Waals surface area contributed by atoms with Crippen LogP contribution in [-0.2, 0) is 30.4 Å². The highest BCUT2D eigenvalue weighted by Gasteiger charge is 2.32. The summed E-state index contributed by atoms with van der Waals surface area (Å²) in [6.07, 6.45) is 0.853. The average molecular weight is 538 g/mol. The molecule has 0 aliphatic heterocycles. The summed E-state index contributed by atoms with van der Waals surface area (Å²) in [5, 5.41) is 35.5. The van der Waals surface area contributed by atoms with Crippen molar-refractivity contribution in [1.29, 1.82) is 0 Å². The number of nitrogens with one attached hydrogen (secondary N) is 3. The van der Waals surface area contributed by atoms with Crippen LogP contribution >= 0.6 is 0 Å². The monoisotopic (exact) mass is 537 g/mol. The third kappa shape index (κ3) is 11.6. The largest absolute Gasteiger partial charge is 0.508 e. The van der Waals surface area contributed by atoms with E-state index in [1.165, 1.54) is 24.3 Å². The van der Waals surface area contributed by atoms with Gasteiger partial charge in [-0.2, -0.15) is 0 Å². The van der Waals surface area contributed by atoms with Gasteiger partial charge in [0.1, 0.15) is 23.9 Å². The molecule has 0 saturated carbocycles. The van der Waals surface area contributed by atoms with Crippen LogP contribution in [0.15, 0.2) is 24.3 Å². The molecular weight excluding hydrogens is 498 g/mol. The van der Waals surface area contributed by atoms with Gasteiger partial charge in [-0.3, -0.25) is 19.2 Å². The summed E-state index contributed by atoms with van der Waals surface area (Å²) in [6.45, 7) is 3.71. The van der Waals surface area contributed by atoms with Crippen LogP contribution in [0.5, 0.6) is 5.75 Å². The van der Waals surface area contributed by atoms with Crippen molar-refractivity contribution < 1.29 is 39.3 Å². The number of carbonyl (C=O) groups excluding carboxylic acids is 3. The number of carbonyl (C=O) groups is 5. The summed E-state index contributed by atoms with van der Waals surface area (Å²) < 4.78 is 0. The Morgan fingerprint density at radius 1 is 0.842 bits per heavy atom. The molecule has 38 heavy (non-hydrogen) atoms. The number of carboxylic acids is 2.